The molecule has 5 rings (SSSR count). The molecule has 1 N–H and O–H groups in total. The van der Waals surface area contributed by atoms with Crippen LogP contribution in [0.4, 0.5) is 11.6 Å². The highest BCUT2D eigenvalue weighted by molar-refractivity contribution is 5.81. The van der Waals surface area contributed by atoms with Gasteiger partial charge < -0.3 is 10.1 Å². The molecule has 4 aromatic heterocycles. The van der Waals surface area contributed by atoms with E-state index in [1.54, 1.807) is 6.20 Å². The van der Waals surface area contributed by atoms with Gasteiger partial charge in [-0.3, -0.25) is 14.6 Å². The molecule has 182 valence electrons. The number of aromatic nitrogens is 6. The van der Waals surface area contributed by atoms with Gasteiger partial charge in [0.05, 0.1) is 42.7 Å². The molecule has 0 radical (unpaired) electrons. The van der Waals surface area contributed by atoms with Gasteiger partial charge in [0.2, 0.25) is 0 Å². The molecule has 4 aromatic rings. The van der Waals surface area contributed by atoms with E-state index in [0.717, 1.165) is 47.4 Å². The number of rotatable bonds is 9. The van der Waals surface area contributed by atoms with Gasteiger partial charge >= 0.3 is 0 Å². The Balaban J connectivity index is 1.24. The lowest BCUT2D eigenvalue weighted by molar-refractivity contribution is -0.0688. The van der Waals surface area contributed by atoms with Crippen LogP contribution < -0.4 is 5.32 Å². The van der Waals surface area contributed by atoms with Crippen molar-refractivity contribution in [3.05, 3.63) is 54.6 Å². The van der Waals surface area contributed by atoms with Gasteiger partial charge in [-0.05, 0) is 49.6 Å². The van der Waals surface area contributed by atoms with Crippen molar-refractivity contribution < 1.29 is 4.74 Å². The molecule has 5 heterocycles. The van der Waals surface area contributed by atoms with E-state index >= 15 is 0 Å². The van der Waals surface area contributed by atoms with Crippen molar-refractivity contribution in [1.82, 2.24) is 34.8 Å². The molecule has 1 aliphatic heterocycles. The topological polar surface area (TPSA) is 93.9 Å². The Kier molecular flexibility index (Phi) is 6.70. The molecule has 0 unspecified atom stereocenters. The summed E-state index contributed by atoms with van der Waals surface area (Å²) in [5, 5.41) is 16.0. The number of pyridine rings is 2. The first-order valence-electron chi connectivity index (χ1n) is 12.2. The fourth-order valence-corrected chi connectivity index (χ4v) is 4.07. The molecule has 0 aliphatic carbocycles. The normalized spacial score (nSPS) is 14.7. The number of anilines is 2. The van der Waals surface area contributed by atoms with Gasteiger partial charge in [0.1, 0.15) is 5.82 Å². The van der Waals surface area contributed by atoms with E-state index in [2.05, 4.69) is 58.2 Å². The number of hydrogen-bond acceptors (Lipinski definition) is 8. The maximum absolute atomic E-state index is 5.98. The predicted molar refractivity (Wildman–Crippen MR) is 137 cm³/mol. The molecular formula is C26H32N8O. The Morgan fingerprint density at radius 3 is 2.66 bits per heavy atom. The van der Waals surface area contributed by atoms with Gasteiger partial charge in [-0.25, -0.2) is 4.98 Å². The second-order valence-electron chi connectivity index (χ2n) is 9.65. The van der Waals surface area contributed by atoms with Crippen LogP contribution in [0.5, 0.6) is 0 Å². The summed E-state index contributed by atoms with van der Waals surface area (Å²) in [5.74, 6) is 1.75. The van der Waals surface area contributed by atoms with Crippen LogP contribution in [0.25, 0.3) is 22.2 Å². The SMILES string of the molecule is CC(C)c1cnnc(Nc2ccc3ncc(-c4cnn(CCOC5CN(C(C)C)C5)c4)cc3n2)c1. The average Bonchev–Trinajstić information content (AvgIpc) is 3.29. The van der Waals surface area contributed by atoms with Crippen LogP contribution in [0.15, 0.2) is 49.1 Å². The molecule has 0 spiro atoms. The van der Waals surface area contributed by atoms with Gasteiger partial charge in [-0.1, -0.05) is 13.8 Å². The van der Waals surface area contributed by atoms with E-state index in [-0.39, 0.29) is 0 Å². The average molecular weight is 473 g/mol. The lowest BCUT2D eigenvalue weighted by atomic mass is 10.1. The molecule has 1 aliphatic rings. The second-order valence-corrected chi connectivity index (χ2v) is 9.65. The number of hydrogen-bond donors (Lipinski definition) is 1. The van der Waals surface area contributed by atoms with Gasteiger partial charge in [-0.2, -0.15) is 10.2 Å². The van der Waals surface area contributed by atoms with Crippen molar-refractivity contribution in [2.24, 2.45) is 0 Å². The van der Waals surface area contributed by atoms with Gasteiger partial charge in [0, 0.05) is 42.7 Å². The predicted octanol–water partition coefficient (Wildman–Crippen LogP) is 4.26. The van der Waals surface area contributed by atoms with Crippen molar-refractivity contribution in [2.75, 3.05) is 25.0 Å². The van der Waals surface area contributed by atoms with E-state index in [1.165, 1.54) is 0 Å². The van der Waals surface area contributed by atoms with Crippen LogP contribution in [0, 0.1) is 0 Å². The van der Waals surface area contributed by atoms with Crippen LogP contribution in [-0.4, -0.2) is 66.7 Å². The highest BCUT2D eigenvalue weighted by Gasteiger charge is 2.28. The zero-order valence-corrected chi connectivity index (χ0v) is 20.7. The number of likely N-dealkylation sites (tertiary alicyclic amines) is 1. The number of fused-ring (bicyclic) bond motifs is 1. The Bertz CT molecular complexity index is 1300. The molecule has 0 aromatic carbocycles. The van der Waals surface area contributed by atoms with Crippen LogP contribution >= 0.6 is 0 Å². The molecule has 0 amide bonds. The van der Waals surface area contributed by atoms with E-state index < -0.39 is 0 Å². The molecule has 9 nitrogen and oxygen atoms in total. The Labute approximate surface area is 205 Å². The number of nitrogens with one attached hydrogen (secondary N) is 1. The maximum Gasteiger partial charge on any atom is 0.154 e. The zero-order chi connectivity index (χ0) is 24.4. The fourth-order valence-electron chi connectivity index (χ4n) is 4.07. The summed E-state index contributed by atoms with van der Waals surface area (Å²) < 4.78 is 7.90. The standard InChI is InChI=1S/C26H32N8O/c1-17(2)19-10-26(32-28-12-19)31-25-6-5-23-24(30-25)9-20(11-27-23)21-13-29-34(14-21)7-8-35-22-15-33(16-22)18(3)4/h5-6,9-14,17-18,22H,7-8,15-16H2,1-4H3,(H,30,31,32). The summed E-state index contributed by atoms with van der Waals surface area (Å²) in [4.78, 5) is 11.8. The molecule has 1 saturated heterocycles. The van der Waals surface area contributed by atoms with Crippen LogP contribution in [0.1, 0.15) is 39.2 Å². The summed E-state index contributed by atoms with van der Waals surface area (Å²) in [7, 11) is 0. The van der Waals surface area contributed by atoms with Crippen molar-refractivity contribution in [3.8, 4) is 11.1 Å². The summed E-state index contributed by atoms with van der Waals surface area (Å²) in [6.45, 7) is 12.1. The summed E-state index contributed by atoms with van der Waals surface area (Å²) >= 11 is 0. The van der Waals surface area contributed by atoms with Crippen molar-refractivity contribution in [3.63, 3.8) is 0 Å². The summed E-state index contributed by atoms with van der Waals surface area (Å²) in [5.41, 5.74) is 4.74. The van der Waals surface area contributed by atoms with E-state index in [4.69, 9.17) is 9.72 Å². The molecule has 0 saturated carbocycles. The lowest BCUT2D eigenvalue weighted by Crippen LogP contribution is -2.55. The molecule has 0 atom stereocenters. The van der Waals surface area contributed by atoms with E-state index in [9.17, 15) is 0 Å². The largest absolute Gasteiger partial charge is 0.374 e. The van der Waals surface area contributed by atoms with Gasteiger partial charge in [-0.15, -0.1) is 5.10 Å². The maximum atomic E-state index is 5.98. The molecular weight excluding hydrogens is 440 g/mol. The second kappa shape index (κ2) is 10.1. The Hall–Kier alpha value is -3.43. The lowest BCUT2D eigenvalue weighted by Gasteiger charge is -2.41. The molecule has 9 heteroatoms. The van der Waals surface area contributed by atoms with Gasteiger partial charge in [0.25, 0.3) is 0 Å². The Morgan fingerprint density at radius 1 is 1.00 bits per heavy atom. The fraction of sp³-hybridized carbons (Fsp3) is 0.423. The summed E-state index contributed by atoms with van der Waals surface area (Å²) in [6.07, 6.45) is 7.88. The van der Waals surface area contributed by atoms with Crippen LogP contribution in [0.3, 0.4) is 0 Å². The number of nitrogens with zero attached hydrogens (tertiary/aromatic N) is 7. The summed E-state index contributed by atoms with van der Waals surface area (Å²) in [6, 6.07) is 8.48. The van der Waals surface area contributed by atoms with E-state index in [1.807, 2.05) is 47.5 Å². The van der Waals surface area contributed by atoms with Gasteiger partial charge in [0.15, 0.2) is 5.82 Å². The molecule has 0 bridgehead atoms. The van der Waals surface area contributed by atoms with Crippen molar-refractivity contribution in [1.29, 1.82) is 0 Å². The Morgan fingerprint density at radius 2 is 1.86 bits per heavy atom. The first-order chi connectivity index (χ1) is 16.9. The van der Waals surface area contributed by atoms with Crippen LogP contribution in [0.2, 0.25) is 0 Å². The molecule has 35 heavy (non-hydrogen) atoms. The minimum atomic E-state index is 0.338. The first kappa shape index (κ1) is 23.3. The monoisotopic (exact) mass is 472 g/mol. The highest BCUT2D eigenvalue weighted by atomic mass is 16.5. The van der Waals surface area contributed by atoms with Crippen molar-refractivity contribution >= 4 is 22.7 Å². The third-order valence-corrected chi connectivity index (χ3v) is 6.38. The first-order valence-corrected chi connectivity index (χ1v) is 12.2. The third-order valence-electron chi connectivity index (χ3n) is 6.38. The third kappa shape index (κ3) is 5.47. The van der Waals surface area contributed by atoms with E-state index in [0.29, 0.717) is 36.3 Å². The van der Waals surface area contributed by atoms with Crippen LogP contribution in [-0.2, 0) is 11.3 Å². The minimum Gasteiger partial charge on any atom is -0.374 e. The zero-order valence-electron chi connectivity index (χ0n) is 20.7. The minimum absolute atomic E-state index is 0.338. The molecule has 1 fully saturated rings. The smallest absolute Gasteiger partial charge is 0.154 e. The number of ether oxygens (including phenoxy) is 1. The van der Waals surface area contributed by atoms with Crippen molar-refractivity contribution in [2.45, 2.75) is 52.3 Å². The highest BCUT2D eigenvalue weighted by Crippen LogP contribution is 2.24. The quantitative estimate of drug-likeness (QED) is 0.386.